The maximum Gasteiger partial charge on any atom is 0.321 e. The van der Waals surface area contributed by atoms with Crippen molar-refractivity contribution >= 4 is 81.9 Å². The van der Waals surface area contributed by atoms with E-state index in [9.17, 15) is 24.0 Å². The summed E-state index contributed by atoms with van der Waals surface area (Å²) in [6, 6.07) is 61.2. The van der Waals surface area contributed by atoms with Crippen LogP contribution >= 0.6 is 0 Å². The first kappa shape index (κ1) is 94.1. The first-order valence-electron chi connectivity index (χ1n) is 44.8. The number of aryl methyl sites for hydroxylation is 5. The molecule has 24 nitrogen and oxygen atoms in total. The summed E-state index contributed by atoms with van der Waals surface area (Å²) in [5.41, 5.74) is 16.9. The number of benzene rings is 5. The molecule has 126 heavy (non-hydrogen) atoms. The van der Waals surface area contributed by atoms with Gasteiger partial charge in [-0.1, -0.05) is 173 Å². The van der Waals surface area contributed by atoms with Gasteiger partial charge in [-0.15, -0.1) is 0 Å². The molecule has 0 aliphatic carbocycles. The van der Waals surface area contributed by atoms with Gasteiger partial charge in [0.2, 0.25) is 5.91 Å². The largest absolute Gasteiger partial charge is 0.353 e. The number of carbonyl (C=O) groups is 5. The minimum absolute atomic E-state index is 0.0332. The molecule has 9 amide bonds. The van der Waals surface area contributed by atoms with Crippen molar-refractivity contribution < 1.29 is 24.0 Å². The summed E-state index contributed by atoms with van der Waals surface area (Å²) in [6.07, 6.45) is 9.87. The number of urea groups is 4. The zero-order valence-corrected chi connectivity index (χ0v) is 77.1. The molecule has 15 rings (SSSR count). The smallest absolute Gasteiger partial charge is 0.321 e. The van der Waals surface area contributed by atoms with Crippen LogP contribution in [0.15, 0.2) is 213 Å². The zero-order valence-electron chi connectivity index (χ0n) is 77.1. The van der Waals surface area contributed by atoms with Crippen molar-refractivity contribution in [2.45, 2.75) is 146 Å². The average molecular weight is 1710 g/mol. The fraction of sp³-hybridized carbons (Fsp3) is 0.412. The van der Waals surface area contributed by atoms with E-state index in [1.165, 1.54) is 38.9 Å². The molecule has 5 aromatic heterocycles. The highest BCUT2D eigenvalue weighted by Gasteiger charge is 2.28. The molecule has 10 aromatic rings. The third kappa shape index (κ3) is 28.2. The maximum absolute atomic E-state index is 12.6. The summed E-state index contributed by atoms with van der Waals surface area (Å²) in [4.78, 5) is 105. The lowest BCUT2D eigenvalue weighted by Gasteiger charge is -2.35. The molecule has 0 bridgehead atoms. The van der Waals surface area contributed by atoms with Crippen LogP contribution in [-0.4, -0.2) is 210 Å². The van der Waals surface area contributed by atoms with Crippen LogP contribution in [0.4, 0.5) is 71.0 Å². The zero-order chi connectivity index (χ0) is 90.0. The molecule has 24 heteroatoms. The van der Waals surface area contributed by atoms with Gasteiger partial charge in [-0.25, -0.2) is 44.1 Å². The normalized spacial score (nSPS) is 14.8. The highest BCUT2D eigenvalue weighted by molar-refractivity contribution is 5.92. The number of amides is 9. The summed E-state index contributed by atoms with van der Waals surface area (Å²) in [5.74, 6) is 7.12. The molecule has 10 heterocycles. The summed E-state index contributed by atoms with van der Waals surface area (Å²) in [6.45, 7) is 49.3. The molecule has 0 atom stereocenters. The van der Waals surface area contributed by atoms with E-state index in [2.05, 4.69) is 263 Å². The van der Waals surface area contributed by atoms with Gasteiger partial charge in [-0.05, 0) is 210 Å². The number of nitrogens with one attached hydrogen (secondary N) is 4. The van der Waals surface area contributed by atoms with E-state index in [4.69, 9.17) is 0 Å². The summed E-state index contributed by atoms with van der Waals surface area (Å²) in [7, 11) is 0. The number of carbonyl (C=O) groups excluding carboxylic acids is 5. The van der Waals surface area contributed by atoms with E-state index < -0.39 is 0 Å². The second-order valence-corrected chi connectivity index (χ2v) is 35.7. The quantitative estimate of drug-likeness (QED) is 0.0748. The third-order valence-corrected chi connectivity index (χ3v) is 23.5. The Morgan fingerprint density at radius 2 is 0.532 bits per heavy atom. The molecule has 5 fully saturated rings. The Balaban J connectivity index is 0.000000153. The van der Waals surface area contributed by atoms with E-state index >= 15 is 0 Å². The van der Waals surface area contributed by atoms with Gasteiger partial charge in [-0.3, -0.25) is 4.79 Å². The fourth-order valence-electron chi connectivity index (χ4n) is 15.0. The van der Waals surface area contributed by atoms with E-state index in [0.717, 1.165) is 153 Å². The van der Waals surface area contributed by atoms with Crippen LogP contribution in [0.3, 0.4) is 0 Å². The first-order valence-corrected chi connectivity index (χ1v) is 44.8. The lowest BCUT2D eigenvalue weighted by atomic mass is 9.86. The monoisotopic (exact) mass is 1700 g/mol. The van der Waals surface area contributed by atoms with Crippen LogP contribution in [-0.2, 0) is 16.6 Å². The van der Waals surface area contributed by atoms with Crippen molar-refractivity contribution in [2.24, 2.45) is 0 Å². The van der Waals surface area contributed by atoms with Crippen molar-refractivity contribution in [2.75, 3.05) is 177 Å². The Morgan fingerprint density at radius 1 is 0.286 bits per heavy atom. The third-order valence-electron chi connectivity index (χ3n) is 23.5. The van der Waals surface area contributed by atoms with Crippen LogP contribution in [0.2, 0.25) is 0 Å². The number of hydrogen-bond donors (Lipinski definition) is 4. The fourth-order valence-corrected chi connectivity index (χ4v) is 15.0. The van der Waals surface area contributed by atoms with Gasteiger partial charge in [-0.2, -0.15) is 0 Å². The Kier molecular flexibility index (Phi) is 33.9. The lowest BCUT2D eigenvalue weighted by Crippen LogP contribution is -2.50. The maximum atomic E-state index is 12.6. The second kappa shape index (κ2) is 45.3. The number of pyridine rings is 5. The number of piperazine rings is 5. The molecule has 5 aromatic carbocycles. The molecule has 5 aliphatic heterocycles. The van der Waals surface area contributed by atoms with Gasteiger partial charge in [0, 0.05) is 185 Å². The molecule has 0 radical (unpaired) electrons. The topological polar surface area (TPSA) is 230 Å². The van der Waals surface area contributed by atoms with Gasteiger partial charge < -0.3 is 70.3 Å². The Morgan fingerprint density at radius 3 is 0.754 bits per heavy atom. The van der Waals surface area contributed by atoms with Crippen LogP contribution in [0, 0.1) is 34.6 Å². The Labute approximate surface area is 748 Å². The van der Waals surface area contributed by atoms with Gasteiger partial charge in [0.1, 0.15) is 29.1 Å². The number of rotatable bonds is 15. The van der Waals surface area contributed by atoms with Gasteiger partial charge in [0.05, 0.1) is 6.42 Å². The lowest BCUT2D eigenvalue weighted by molar-refractivity contribution is -0.130. The summed E-state index contributed by atoms with van der Waals surface area (Å²) >= 11 is 0. The standard InChI is InChI=1S/C22H29N3O.4C20H26N4O/c1-17-5-10-20(23-16-17)24-11-13-25(14-12-24)21(26)15-18-6-8-19(9-7-18)22(2,3)4;3*1-15(2)17-5-7-18(8-6-17)22-20(25)24-12-10-23(11-13-24)19-9-4-16(3)14-21-19;1-15(2)17-4-6-18(7-5-17)22-20(25)24-12-10-23(11-13-24)19-14-16(3)8-9-21-19/h5-10,16H,11-15H2,1-4H3;4*4-9,14-15H,10-13H2,1-3H3,(H,22,25). The number of nitrogens with zero attached hydrogens (tertiary/aromatic N) is 15. The molecule has 4 N–H and O–H groups in total. The van der Waals surface area contributed by atoms with E-state index in [-0.39, 0.29) is 35.4 Å². The molecular weight excluding hydrogens is 1570 g/mol. The van der Waals surface area contributed by atoms with E-state index in [0.29, 0.717) is 82.5 Å². The van der Waals surface area contributed by atoms with Gasteiger partial charge >= 0.3 is 24.1 Å². The van der Waals surface area contributed by atoms with Crippen LogP contribution in [0.5, 0.6) is 0 Å². The van der Waals surface area contributed by atoms with Gasteiger partial charge in [0.15, 0.2) is 0 Å². The molecule has 0 spiro atoms. The highest BCUT2D eigenvalue weighted by Crippen LogP contribution is 2.28. The average Bonchev–Trinajstić information content (AvgIpc) is 0.846. The molecule has 666 valence electrons. The number of anilines is 9. The first-order chi connectivity index (χ1) is 60.4. The van der Waals surface area contributed by atoms with Crippen LogP contribution < -0.4 is 45.8 Å². The van der Waals surface area contributed by atoms with Crippen molar-refractivity contribution in [1.82, 2.24) is 49.4 Å². The van der Waals surface area contributed by atoms with Crippen LogP contribution in [0.25, 0.3) is 0 Å². The summed E-state index contributed by atoms with van der Waals surface area (Å²) in [5, 5.41) is 12.0. The number of aromatic nitrogens is 5. The number of hydrogen-bond acceptors (Lipinski definition) is 15. The van der Waals surface area contributed by atoms with E-state index in [1.54, 1.807) is 0 Å². The minimum Gasteiger partial charge on any atom is -0.353 e. The Hall–Kier alpha value is -12.6. The molecular formula is C102H133N19O5. The molecule has 5 aliphatic rings. The minimum atomic E-state index is -0.0335. The highest BCUT2D eigenvalue weighted by atomic mass is 16.2. The van der Waals surface area contributed by atoms with Crippen molar-refractivity contribution in [3.63, 3.8) is 0 Å². The SMILES string of the molecule is Cc1ccc(N2CCN(C(=O)Cc3ccc(C(C)(C)C)cc3)CC2)nc1.Cc1ccc(N2CCN(C(=O)Nc3ccc(C(C)C)cc3)CC2)nc1.Cc1ccc(N2CCN(C(=O)Nc3ccc(C(C)C)cc3)CC2)nc1.Cc1ccc(N2CCN(C(=O)Nc3ccc(C(C)C)cc3)CC2)nc1.Cc1ccnc(N2CCN(C(=O)Nc3ccc(C(C)C)cc3)CC2)c1. The predicted octanol–water partition coefficient (Wildman–Crippen LogP) is 19.0. The van der Waals surface area contributed by atoms with Crippen molar-refractivity contribution in [3.05, 3.63) is 274 Å². The summed E-state index contributed by atoms with van der Waals surface area (Å²) < 4.78 is 0. The van der Waals surface area contributed by atoms with Crippen molar-refractivity contribution in [1.29, 1.82) is 0 Å². The predicted molar refractivity (Wildman–Crippen MR) is 516 cm³/mol. The van der Waals surface area contributed by atoms with Gasteiger partial charge in [0.25, 0.3) is 0 Å². The van der Waals surface area contributed by atoms with E-state index in [1.807, 2.05) is 156 Å². The second-order valence-electron chi connectivity index (χ2n) is 35.7. The molecule has 0 saturated carbocycles. The Bertz CT molecular complexity index is 4750. The van der Waals surface area contributed by atoms with Crippen LogP contribution in [0.1, 0.15) is 161 Å². The molecule has 0 unspecified atom stereocenters. The molecule has 5 saturated heterocycles. The van der Waals surface area contributed by atoms with Crippen molar-refractivity contribution in [3.8, 4) is 0 Å².